The number of ether oxygens (including phenoxy) is 1. The first-order valence-electron chi connectivity index (χ1n) is 9.82. The Morgan fingerprint density at radius 1 is 0.581 bits per heavy atom. The third-order valence-electron chi connectivity index (χ3n) is 5.12. The van der Waals surface area contributed by atoms with Crippen molar-refractivity contribution >= 4 is 10.1 Å². The highest BCUT2D eigenvalue weighted by atomic mass is 32.2. The Kier molecular flexibility index (Phi) is 5.89. The van der Waals surface area contributed by atoms with E-state index in [4.69, 9.17) is 8.92 Å². The van der Waals surface area contributed by atoms with Gasteiger partial charge in [-0.05, 0) is 41.0 Å². The summed E-state index contributed by atoms with van der Waals surface area (Å²) in [7, 11) is -2.61. The van der Waals surface area contributed by atoms with E-state index >= 15 is 0 Å². The van der Waals surface area contributed by atoms with E-state index in [9.17, 15) is 8.42 Å². The molecular weight excluding hydrogens is 408 g/mol. The molecule has 0 aliphatic rings. The number of benzene rings is 4. The van der Waals surface area contributed by atoms with Gasteiger partial charge in [-0.3, -0.25) is 0 Å². The highest BCUT2D eigenvalue weighted by molar-refractivity contribution is 7.86. The first-order chi connectivity index (χ1) is 15.1. The van der Waals surface area contributed by atoms with Gasteiger partial charge in [0.05, 0.1) is 12.0 Å². The average Bonchev–Trinajstić information content (AvgIpc) is 2.84. The van der Waals surface area contributed by atoms with Gasteiger partial charge in [-0.15, -0.1) is 0 Å². The molecule has 0 fully saturated rings. The fourth-order valence-electron chi connectivity index (χ4n) is 3.62. The van der Waals surface area contributed by atoms with Gasteiger partial charge in [0.25, 0.3) is 10.1 Å². The SMILES string of the molecule is COc1ccc(S(=O)(=O)OC(c2ccccc2)(c2ccccc2)c2ccccc2)cc1. The topological polar surface area (TPSA) is 52.6 Å². The quantitative estimate of drug-likeness (QED) is 0.291. The van der Waals surface area contributed by atoms with Crippen LogP contribution in [0.3, 0.4) is 0 Å². The largest absolute Gasteiger partial charge is 0.497 e. The monoisotopic (exact) mass is 430 g/mol. The highest BCUT2D eigenvalue weighted by Gasteiger charge is 2.42. The molecule has 0 amide bonds. The van der Waals surface area contributed by atoms with Crippen LogP contribution in [0.4, 0.5) is 0 Å². The van der Waals surface area contributed by atoms with Gasteiger partial charge in [-0.1, -0.05) is 91.0 Å². The second-order valence-corrected chi connectivity index (χ2v) is 8.54. The summed E-state index contributed by atoms with van der Waals surface area (Å²) in [6.07, 6.45) is 0. The summed E-state index contributed by atoms with van der Waals surface area (Å²) in [6.45, 7) is 0. The minimum absolute atomic E-state index is 0.0560. The molecule has 0 aliphatic heterocycles. The summed E-state index contributed by atoms with van der Waals surface area (Å²) in [4.78, 5) is 0.0560. The number of rotatable bonds is 7. The van der Waals surface area contributed by atoms with Crippen molar-refractivity contribution in [2.24, 2.45) is 0 Å². The number of methoxy groups -OCH3 is 1. The van der Waals surface area contributed by atoms with E-state index in [-0.39, 0.29) is 4.90 Å². The van der Waals surface area contributed by atoms with Crippen molar-refractivity contribution in [1.29, 1.82) is 0 Å². The Bertz CT molecular complexity index is 1120. The van der Waals surface area contributed by atoms with E-state index < -0.39 is 15.7 Å². The molecule has 0 saturated heterocycles. The van der Waals surface area contributed by atoms with Gasteiger partial charge < -0.3 is 4.74 Å². The standard InChI is InChI=1S/C26H22O4S/c1-29-24-17-19-25(20-18-24)31(27,28)30-26(21-11-5-2-6-12-21,22-13-7-3-8-14-22)23-15-9-4-10-16-23/h2-20H,1H3. The third-order valence-corrected chi connectivity index (χ3v) is 6.44. The van der Waals surface area contributed by atoms with E-state index in [1.807, 2.05) is 91.0 Å². The van der Waals surface area contributed by atoms with Crippen molar-refractivity contribution in [2.45, 2.75) is 10.5 Å². The van der Waals surface area contributed by atoms with Crippen molar-refractivity contribution in [3.63, 3.8) is 0 Å². The van der Waals surface area contributed by atoms with E-state index in [1.165, 1.54) is 19.2 Å². The lowest BCUT2D eigenvalue weighted by Gasteiger charge is -2.34. The average molecular weight is 431 g/mol. The predicted octanol–water partition coefficient (Wildman–Crippen LogP) is 5.39. The predicted molar refractivity (Wildman–Crippen MR) is 120 cm³/mol. The molecule has 31 heavy (non-hydrogen) atoms. The molecule has 0 aliphatic carbocycles. The van der Waals surface area contributed by atoms with Gasteiger partial charge in [-0.2, -0.15) is 8.42 Å². The fourth-order valence-corrected chi connectivity index (χ4v) is 4.80. The van der Waals surface area contributed by atoms with Crippen molar-refractivity contribution < 1.29 is 17.3 Å². The molecule has 0 radical (unpaired) electrons. The Labute approximate surface area is 182 Å². The molecule has 0 N–H and O–H groups in total. The first-order valence-corrected chi connectivity index (χ1v) is 11.2. The van der Waals surface area contributed by atoms with Gasteiger partial charge in [0.15, 0.2) is 5.60 Å². The molecule has 0 atom stereocenters. The van der Waals surface area contributed by atoms with Crippen LogP contribution in [-0.4, -0.2) is 15.5 Å². The highest BCUT2D eigenvalue weighted by Crippen LogP contribution is 2.42. The maximum Gasteiger partial charge on any atom is 0.298 e. The summed E-state index contributed by atoms with van der Waals surface area (Å²) in [6, 6.07) is 34.4. The molecule has 4 aromatic carbocycles. The van der Waals surface area contributed by atoms with Crippen LogP contribution in [0.2, 0.25) is 0 Å². The second-order valence-electron chi connectivity index (χ2n) is 6.99. The van der Waals surface area contributed by atoms with Crippen LogP contribution in [-0.2, 0) is 19.9 Å². The van der Waals surface area contributed by atoms with E-state index in [1.54, 1.807) is 12.1 Å². The van der Waals surface area contributed by atoms with Gasteiger partial charge in [-0.25, -0.2) is 4.18 Å². The normalized spacial score (nSPS) is 11.8. The Morgan fingerprint density at radius 2 is 0.968 bits per heavy atom. The smallest absolute Gasteiger partial charge is 0.298 e. The second kappa shape index (κ2) is 8.76. The maximum atomic E-state index is 13.5. The zero-order valence-electron chi connectivity index (χ0n) is 17.0. The summed E-state index contributed by atoms with van der Waals surface area (Å²) in [5.41, 5.74) is 0.779. The lowest BCUT2D eigenvalue weighted by Crippen LogP contribution is -2.35. The Morgan fingerprint density at radius 3 is 1.32 bits per heavy atom. The van der Waals surface area contributed by atoms with Crippen LogP contribution >= 0.6 is 0 Å². The van der Waals surface area contributed by atoms with Crippen molar-refractivity contribution in [1.82, 2.24) is 0 Å². The van der Waals surface area contributed by atoms with Crippen LogP contribution in [0, 0.1) is 0 Å². The van der Waals surface area contributed by atoms with Crippen LogP contribution < -0.4 is 4.74 Å². The summed E-state index contributed by atoms with van der Waals surface area (Å²) < 4.78 is 38.3. The number of hydrogen-bond acceptors (Lipinski definition) is 4. The maximum absolute atomic E-state index is 13.5. The summed E-state index contributed by atoms with van der Waals surface area (Å²) >= 11 is 0. The van der Waals surface area contributed by atoms with E-state index in [0.29, 0.717) is 22.4 Å². The first kappa shape index (κ1) is 20.8. The molecule has 0 unspecified atom stereocenters. The van der Waals surface area contributed by atoms with Crippen LogP contribution in [0.15, 0.2) is 120 Å². The van der Waals surface area contributed by atoms with Gasteiger partial charge in [0.2, 0.25) is 0 Å². The van der Waals surface area contributed by atoms with Crippen molar-refractivity contribution in [3.8, 4) is 5.75 Å². The fraction of sp³-hybridized carbons (Fsp3) is 0.0769. The summed E-state index contributed by atoms with van der Waals surface area (Å²) in [5, 5.41) is 0. The zero-order chi connectivity index (χ0) is 21.7. The van der Waals surface area contributed by atoms with Gasteiger partial charge >= 0.3 is 0 Å². The molecule has 4 nitrogen and oxygen atoms in total. The molecule has 0 heterocycles. The minimum atomic E-state index is -4.14. The molecule has 0 bridgehead atoms. The molecule has 4 aromatic rings. The third kappa shape index (κ3) is 4.10. The van der Waals surface area contributed by atoms with Crippen molar-refractivity contribution in [2.75, 3.05) is 7.11 Å². The Hall–Kier alpha value is -3.41. The van der Waals surface area contributed by atoms with Crippen LogP contribution in [0.5, 0.6) is 5.75 Å². The van der Waals surface area contributed by atoms with E-state index in [2.05, 4.69) is 0 Å². The molecule has 0 spiro atoms. The molecule has 4 rings (SSSR count). The molecule has 0 aromatic heterocycles. The van der Waals surface area contributed by atoms with Gasteiger partial charge in [0, 0.05) is 0 Å². The van der Waals surface area contributed by atoms with Crippen LogP contribution in [0.1, 0.15) is 16.7 Å². The lowest BCUT2D eigenvalue weighted by molar-refractivity contribution is 0.164. The summed E-state index contributed by atoms with van der Waals surface area (Å²) in [5.74, 6) is 0.569. The van der Waals surface area contributed by atoms with Crippen LogP contribution in [0.25, 0.3) is 0 Å². The minimum Gasteiger partial charge on any atom is -0.497 e. The lowest BCUT2D eigenvalue weighted by atomic mass is 9.80. The van der Waals surface area contributed by atoms with Crippen molar-refractivity contribution in [3.05, 3.63) is 132 Å². The molecule has 0 saturated carbocycles. The number of hydrogen-bond donors (Lipinski definition) is 0. The van der Waals surface area contributed by atoms with E-state index in [0.717, 1.165) is 0 Å². The van der Waals surface area contributed by atoms with Gasteiger partial charge in [0.1, 0.15) is 5.75 Å². The molecular formula is C26H22O4S. The molecule has 156 valence electrons. The zero-order valence-corrected chi connectivity index (χ0v) is 17.8. The Balaban J connectivity index is 1.96. The molecule has 5 heteroatoms.